The fourth-order valence-electron chi connectivity index (χ4n) is 1.27. The van der Waals surface area contributed by atoms with Gasteiger partial charge in [0.15, 0.2) is 5.78 Å². The zero-order valence-electron chi connectivity index (χ0n) is 9.15. The lowest BCUT2D eigenvalue weighted by molar-refractivity contribution is -0.386. The number of hydrogen-bond donors (Lipinski definition) is 0. The fourth-order valence-corrected chi connectivity index (χ4v) is 1.72. The molecule has 0 amide bonds. The van der Waals surface area contributed by atoms with E-state index in [2.05, 4.69) is 20.7 Å². The predicted octanol–water partition coefficient (Wildman–Crippen LogP) is 3.20. The maximum absolute atomic E-state index is 12.1. The highest BCUT2D eigenvalue weighted by atomic mass is 79.9. The van der Waals surface area contributed by atoms with Crippen LogP contribution in [0.5, 0.6) is 5.75 Å². The van der Waals surface area contributed by atoms with Crippen molar-refractivity contribution in [3.63, 3.8) is 0 Å². The zero-order chi connectivity index (χ0) is 13.9. The Bertz CT molecular complexity index is 458. The van der Waals surface area contributed by atoms with Crippen LogP contribution >= 0.6 is 15.9 Å². The van der Waals surface area contributed by atoms with Crippen LogP contribution < -0.4 is 4.74 Å². The second kappa shape index (κ2) is 5.85. The molecule has 98 valence electrons. The molecule has 0 aliphatic rings. The Balaban J connectivity index is 3.31. The number of benzene rings is 1. The maximum atomic E-state index is 12.1. The molecule has 18 heavy (non-hydrogen) atoms. The number of halogens is 3. The summed E-state index contributed by atoms with van der Waals surface area (Å²) in [7, 11) is 0. The van der Waals surface area contributed by atoms with Gasteiger partial charge in [-0.1, -0.05) is 15.9 Å². The fraction of sp³-hybridized carbons (Fsp3) is 0.300. The van der Waals surface area contributed by atoms with Crippen molar-refractivity contribution >= 4 is 27.4 Å². The van der Waals surface area contributed by atoms with Gasteiger partial charge in [-0.05, 0) is 13.0 Å². The molecule has 0 saturated carbocycles. The van der Waals surface area contributed by atoms with E-state index >= 15 is 0 Å². The van der Waals surface area contributed by atoms with Crippen LogP contribution in [0, 0.1) is 10.1 Å². The van der Waals surface area contributed by atoms with E-state index in [0.717, 1.165) is 6.07 Å². The van der Waals surface area contributed by atoms with Gasteiger partial charge in [-0.15, -0.1) is 0 Å². The van der Waals surface area contributed by atoms with Crippen molar-refractivity contribution in [3.05, 3.63) is 32.3 Å². The Kier molecular flexibility index (Phi) is 4.71. The molecule has 0 atom stereocenters. The molecule has 0 aliphatic carbocycles. The van der Waals surface area contributed by atoms with Crippen LogP contribution in [-0.4, -0.2) is 23.7 Å². The number of rotatable bonds is 5. The SMILES string of the molecule is CC(=O)c1cc(Br)cc([N+](=O)[O-])c1OCC(F)F. The minimum atomic E-state index is -2.78. The highest BCUT2D eigenvalue weighted by Gasteiger charge is 2.24. The molecule has 0 fully saturated rings. The number of Topliss-reactive ketones (excluding diaryl/α,β-unsaturated/α-hetero) is 1. The van der Waals surface area contributed by atoms with Crippen molar-refractivity contribution in [1.82, 2.24) is 0 Å². The number of alkyl halides is 2. The number of carbonyl (C=O) groups excluding carboxylic acids is 1. The second-order valence-corrected chi connectivity index (χ2v) is 4.23. The Morgan fingerprint density at radius 2 is 2.17 bits per heavy atom. The molecule has 0 heterocycles. The largest absolute Gasteiger partial charge is 0.480 e. The first kappa shape index (κ1) is 14.5. The van der Waals surface area contributed by atoms with E-state index in [1.807, 2.05) is 0 Å². The molecule has 0 N–H and O–H groups in total. The number of carbonyl (C=O) groups is 1. The molecular formula is C10H8BrF2NO4. The molecule has 0 radical (unpaired) electrons. The van der Waals surface area contributed by atoms with E-state index < -0.39 is 35.2 Å². The molecule has 0 spiro atoms. The number of nitro benzene ring substituents is 1. The molecule has 1 rings (SSSR count). The third-order valence-electron chi connectivity index (χ3n) is 1.96. The van der Waals surface area contributed by atoms with Gasteiger partial charge >= 0.3 is 5.69 Å². The van der Waals surface area contributed by atoms with Gasteiger partial charge in [0, 0.05) is 10.5 Å². The van der Waals surface area contributed by atoms with Crippen molar-refractivity contribution in [1.29, 1.82) is 0 Å². The van der Waals surface area contributed by atoms with Crippen molar-refractivity contribution < 1.29 is 23.2 Å². The number of ether oxygens (including phenoxy) is 1. The lowest BCUT2D eigenvalue weighted by Crippen LogP contribution is -2.11. The monoisotopic (exact) mass is 323 g/mol. The third kappa shape index (κ3) is 3.46. The van der Waals surface area contributed by atoms with Crippen LogP contribution in [0.3, 0.4) is 0 Å². The molecule has 1 aromatic rings. The molecule has 0 unspecified atom stereocenters. The van der Waals surface area contributed by atoms with Crippen LogP contribution in [0.4, 0.5) is 14.5 Å². The van der Waals surface area contributed by atoms with Crippen LogP contribution in [0.25, 0.3) is 0 Å². The van der Waals surface area contributed by atoms with Gasteiger partial charge in [-0.25, -0.2) is 8.78 Å². The highest BCUT2D eigenvalue weighted by molar-refractivity contribution is 9.10. The second-order valence-electron chi connectivity index (χ2n) is 3.32. The van der Waals surface area contributed by atoms with Crippen LogP contribution in [-0.2, 0) is 0 Å². The zero-order valence-corrected chi connectivity index (χ0v) is 10.7. The van der Waals surface area contributed by atoms with Crippen LogP contribution in [0.15, 0.2) is 16.6 Å². The predicted molar refractivity (Wildman–Crippen MR) is 62.3 cm³/mol. The lowest BCUT2D eigenvalue weighted by atomic mass is 10.1. The minimum absolute atomic E-state index is 0.114. The number of ketones is 1. The van der Waals surface area contributed by atoms with E-state index in [0.29, 0.717) is 4.47 Å². The number of nitro groups is 1. The molecule has 0 saturated heterocycles. The van der Waals surface area contributed by atoms with Gasteiger partial charge in [0.25, 0.3) is 6.43 Å². The van der Waals surface area contributed by atoms with Gasteiger partial charge in [0.2, 0.25) is 5.75 Å². The van der Waals surface area contributed by atoms with E-state index in [1.54, 1.807) is 0 Å². The summed E-state index contributed by atoms with van der Waals surface area (Å²) < 4.78 is 29.1. The smallest absolute Gasteiger partial charge is 0.312 e. The van der Waals surface area contributed by atoms with Gasteiger partial charge in [0.05, 0.1) is 10.5 Å². The van der Waals surface area contributed by atoms with Gasteiger partial charge in [-0.2, -0.15) is 0 Å². The van der Waals surface area contributed by atoms with Crippen LogP contribution in [0.1, 0.15) is 17.3 Å². The minimum Gasteiger partial charge on any atom is -0.480 e. The maximum Gasteiger partial charge on any atom is 0.312 e. The summed E-state index contributed by atoms with van der Waals surface area (Å²) >= 11 is 3.00. The van der Waals surface area contributed by atoms with E-state index in [-0.39, 0.29) is 5.56 Å². The first-order chi connectivity index (χ1) is 8.32. The van der Waals surface area contributed by atoms with Crippen molar-refractivity contribution in [2.75, 3.05) is 6.61 Å². The normalized spacial score (nSPS) is 10.5. The number of nitrogens with zero attached hydrogens (tertiary/aromatic N) is 1. The Morgan fingerprint density at radius 3 is 2.61 bits per heavy atom. The summed E-state index contributed by atoms with van der Waals surface area (Å²) in [6, 6.07) is 2.38. The standard InChI is InChI=1S/C10H8BrF2NO4/c1-5(15)7-2-6(11)3-8(14(16)17)10(7)18-4-9(12)13/h2-3,9H,4H2,1H3. The van der Waals surface area contributed by atoms with E-state index in [4.69, 9.17) is 0 Å². The Labute approximate surface area is 109 Å². The molecule has 0 aliphatic heterocycles. The molecule has 1 aromatic carbocycles. The van der Waals surface area contributed by atoms with Crippen molar-refractivity contribution in [2.45, 2.75) is 13.3 Å². The molecule has 0 bridgehead atoms. The molecule has 0 aromatic heterocycles. The summed E-state index contributed by atoms with van der Waals surface area (Å²) in [5, 5.41) is 10.8. The van der Waals surface area contributed by atoms with Gasteiger partial charge < -0.3 is 4.74 Å². The van der Waals surface area contributed by atoms with E-state index in [9.17, 15) is 23.7 Å². The average Bonchev–Trinajstić information content (AvgIpc) is 2.25. The molecule has 5 nitrogen and oxygen atoms in total. The quantitative estimate of drug-likeness (QED) is 0.474. The van der Waals surface area contributed by atoms with Gasteiger partial charge in [0.1, 0.15) is 6.61 Å². The lowest BCUT2D eigenvalue weighted by Gasteiger charge is -2.10. The molecular weight excluding hydrogens is 316 g/mol. The summed E-state index contributed by atoms with van der Waals surface area (Å²) in [5.74, 6) is -0.945. The Hall–Kier alpha value is -1.57. The molecule has 8 heteroatoms. The summed E-state index contributed by atoms with van der Waals surface area (Å²) in [6.07, 6.45) is -2.78. The van der Waals surface area contributed by atoms with Crippen molar-refractivity contribution in [3.8, 4) is 5.75 Å². The highest BCUT2D eigenvalue weighted by Crippen LogP contribution is 2.35. The average molecular weight is 324 g/mol. The summed E-state index contributed by atoms with van der Waals surface area (Å²) in [5.41, 5.74) is -0.646. The summed E-state index contributed by atoms with van der Waals surface area (Å²) in [4.78, 5) is 21.3. The number of hydrogen-bond acceptors (Lipinski definition) is 4. The van der Waals surface area contributed by atoms with Crippen molar-refractivity contribution in [2.24, 2.45) is 0 Å². The summed E-state index contributed by atoms with van der Waals surface area (Å²) in [6.45, 7) is 0.156. The van der Waals surface area contributed by atoms with Crippen LogP contribution in [0.2, 0.25) is 0 Å². The van der Waals surface area contributed by atoms with Gasteiger partial charge in [-0.3, -0.25) is 14.9 Å². The first-order valence-electron chi connectivity index (χ1n) is 4.72. The first-order valence-corrected chi connectivity index (χ1v) is 5.52. The Morgan fingerprint density at radius 1 is 1.56 bits per heavy atom. The van der Waals surface area contributed by atoms with E-state index in [1.165, 1.54) is 13.0 Å². The topological polar surface area (TPSA) is 69.4 Å². The third-order valence-corrected chi connectivity index (χ3v) is 2.42.